The van der Waals surface area contributed by atoms with Crippen LogP contribution in [0.3, 0.4) is 0 Å². The molecular formula is C33H26FNO2S. The van der Waals surface area contributed by atoms with E-state index in [1.54, 1.807) is 12.1 Å². The average molecular weight is 520 g/mol. The number of thioether (sulfide) groups is 1. The molecule has 5 heteroatoms. The molecular weight excluding hydrogens is 493 g/mol. The minimum Gasteiger partial charge on any atom is -0.465 e. The highest BCUT2D eigenvalue weighted by Crippen LogP contribution is 2.52. The predicted molar refractivity (Wildman–Crippen MR) is 152 cm³/mol. The average Bonchev–Trinajstić information content (AvgIpc) is 2.96. The van der Waals surface area contributed by atoms with Crippen LogP contribution in [0.4, 0.5) is 14.9 Å². The first-order chi connectivity index (χ1) is 18.6. The Morgan fingerprint density at radius 2 is 1.13 bits per heavy atom. The Labute approximate surface area is 226 Å². The smallest absolute Gasteiger partial charge is 0.409 e. The highest BCUT2D eigenvalue weighted by Gasteiger charge is 2.38. The van der Waals surface area contributed by atoms with Crippen LogP contribution in [-0.2, 0) is 11.2 Å². The van der Waals surface area contributed by atoms with Gasteiger partial charge in [0, 0.05) is 16.9 Å². The Bertz CT molecular complexity index is 1410. The van der Waals surface area contributed by atoms with Gasteiger partial charge in [0.25, 0.3) is 0 Å². The monoisotopic (exact) mass is 519 g/mol. The van der Waals surface area contributed by atoms with Gasteiger partial charge in [-0.15, -0.1) is 11.8 Å². The summed E-state index contributed by atoms with van der Waals surface area (Å²) >= 11 is 1.42. The number of nitrogens with one attached hydrogen (secondary N) is 1. The maximum absolute atomic E-state index is 16.5. The molecule has 0 atom stereocenters. The quantitative estimate of drug-likeness (QED) is 0.159. The van der Waals surface area contributed by atoms with Crippen molar-refractivity contribution in [2.45, 2.75) is 16.1 Å². The second kappa shape index (κ2) is 11.4. The van der Waals surface area contributed by atoms with Crippen molar-refractivity contribution in [3.63, 3.8) is 0 Å². The van der Waals surface area contributed by atoms with Crippen LogP contribution in [0.1, 0.15) is 27.8 Å². The Morgan fingerprint density at radius 1 is 0.684 bits per heavy atom. The van der Waals surface area contributed by atoms with E-state index in [1.165, 1.54) is 11.8 Å². The molecule has 1 amide bonds. The highest BCUT2D eigenvalue weighted by molar-refractivity contribution is 8.00. The van der Waals surface area contributed by atoms with E-state index in [0.717, 1.165) is 22.3 Å². The van der Waals surface area contributed by atoms with Gasteiger partial charge in [-0.1, -0.05) is 121 Å². The lowest BCUT2D eigenvalue weighted by Gasteiger charge is -2.35. The molecule has 0 aliphatic carbocycles. The first-order valence-corrected chi connectivity index (χ1v) is 13.1. The summed E-state index contributed by atoms with van der Waals surface area (Å²) in [5, 5.41) is 11.8. The number of hydrogen-bond donors (Lipinski definition) is 2. The Hall–Kier alpha value is -4.35. The zero-order chi connectivity index (χ0) is 26.4. The number of benzene rings is 5. The van der Waals surface area contributed by atoms with E-state index >= 15 is 4.39 Å². The van der Waals surface area contributed by atoms with Gasteiger partial charge in [-0.25, -0.2) is 9.18 Å². The molecule has 5 aromatic rings. The van der Waals surface area contributed by atoms with Gasteiger partial charge in [-0.3, -0.25) is 5.32 Å². The van der Waals surface area contributed by atoms with E-state index in [1.807, 2.05) is 84.9 Å². The van der Waals surface area contributed by atoms with Crippen LogP contribution in [0.25, 0.3) is 0 Å². The molecule has 0 bridgehead atoms. The van der Waals surface area contributed by atoms with Gasteiger partial charge < -0.3 is 5.11 Å². The van der Waals surface area contributed by atoms with Crippen molar-refractivity contribution in [1.82, 2.24) is 0 Å². The normalized spacial score (nSPS) is 11.2. The maximum Gasteiger partial charge on any atom is 0.409 e. The van der Waals surface area contributed by atoms with Crippen molar-refractivity contribution >= 4 is 23.5 Å². The third-order valence-corrected chi connectivity index (χ3v) is 8.03. The number of halogens is 1. The maximum atomic E-state index is 16.5. The molecule has 38 heavy (non-hydrogen) atoms. The predicted octanol–water partition coefficient (Wildman–Crippen LogP) is 8.59. The summed E-state index contributed by atoms with van der Waals surface area (Å²) in [6.45, 7) is 0. The first kappa shape index (κ1) is 25.3. The summed E-state index contributed by atoms with van der Waals surface area (Å²) in [5.41, 5.74) is 4.49. The molecule has 5 aromatic carbocycles. The molecule has 0 radical (unpaired) electrons. The molecule has 0 aliphatic rings. The second-order valence-electron chi connectivity index (χ2n) is 8.88. The lowest BCUT2D eigenvalue weighted by molar-refractivity contribution is 0.209. The fourth-order valence-electron chi connectivity index (χ4n) is 4.74. The fraction of sp³-hybridized carbons (Fsp3) is 0.0606. The topological polar surface area (TPSA) is 49.3 Å². The molecule has 0 fully saturated rings. The highest BCUT2D eigenvalue weighted by atomic mass is 32.2. The molecule has 0 saturated heterocycles. The molecule has 3 nitrogen and oxygen atoms in total. The van der Waals surface area contributed by atoms with Gasteiger partial charge in [0.2, 0.25) is 0 Å². The van der Waals surface area contributed by atoms with Crippen molar-refractivity contribution in [3.8, 4) is 0 Å². The lowest BCUT2D eigenvalue weighted by Crippen LogP contribution is -2.25. The molecule has 5 rings (SSSR count). The molecule has 0 saturated carbocycles. The van der Waals surface area contributed by atoms with Crippen LogP contribution >= 0.6 is 11.8 Å². The van der Waals surface area contributed by atoms with E-state index in [2.05, 4.69) is 41.7 Å². The van der Waals surface area contributed by atoms with E-state index in [4.69, 9.17) is 0 Å². The van der Waals surface area contributed by atoms with E-state index in [0.29, 0.717) is 10.5 Å². The summed E-state index contributed by atoms with van der Waals surface area (Å²) in [4.78, 5) is 11.9. The summed E-state index contributed by atoms with van der Waals surface area (Å²) < 4.78 is 15.7. The van der Waals surface area contributed by atoms with Crippen LogP contribution in [0, 0.1) is 5.82 Å². The van der Waals surface area contributed by atoms with Crippen LogP contribution in [0.15, 0.2) is 138 Å². The molecule has 0 spiro atoms. The Kier molecular flexibility index (Phi) is 7.57. The largest absolute Gasteiger partial charge is 0.465 e. The number of carbonyl (C=O) groups is 1. The van der Waals surface area contributed by atoms with Crippen molar-refractivity contribution in [3.05, 3.63) is 167 Å². The van der Waals surface area contributed by atoms with Crippen molar-refractivity contribution < 1.29 is 14.3 Å². The SMILES string of the molecule is O=C(O)Nc1ccc(SC(c2ccccc2)(c2ccccc2)c2ccccc2)c(F)c1Cc1ccccc1. The van der Waals surface area contributed by atoms with Gasteiger partial charge >= 0.3 is 6.09 Å². The number of anilines is 1. The van der Waals surface area contributed by atoms with E-state index in [9.17, 15) is 9.90 Å². The lowest BCUT2D eigenvalue weighted by atomic mass is 9.84. The van der Waals surface area contributed by atoms with Gasteiger partial charge in [0.15, 0.2) is 0 Å². The summed E-state index contributed by atoms with van der Waals surface area (Å²) in [6, 6.07) is 43.1. The van der Waals surface area contributed by atoms with Crippen molar-refractivity contribution in [1.29, 1.82) is 0 Å². The van der Waals surface area contributed by atoms with Gasteiger partial charge in [-0.2, -0.15) is 0 Å². The summed E-state index contributed by atoms with van der Waals surface area (Å²) in [6.07, 6.45) is -0.975. The summed E-state index contributed by atoms with van der Waals surface area (Å²) in [7, 11) is 0. The zero-order valence-corrected chi connectivity index (χ0v) is 21.4. The number of rotatable bonds is 8. The molecule has 2 N–H and O–H groups in total. The molecule has 188 valence electrons. The van der Waals surface area contributed by atoms with Gasteiger partial charge in [-0.05, 0) is 34.4 Å². The van der Waals surface area contributed by atoms with E-state index in [-0.39, 0.29) is 12.1 Å². The third-order valence-electron chi connectivity index (χ3n) is 6.48. The molecule has 0 heterocycles. The van der Waals surface area contributed by atoms with Crippen LogP contribution in [0.5, 0.6) is 0 Å². The van der Waals surface area contributed by atoms with Crippen molar-refractivity contribution in [2.24, 2.45) is 0 Å². The standard InChI is InChI=1S/C33H26FNO2S/c34-31-28(23-24-13-5-1-6-14-24)29(35-32(36)37)21-22-30(31)38-33(25-15-7-2-8-16-25,26-17-9-3-10-18-26)27-19-11-4-12-20-27/h1-22,35H,23H2,(H,36,37). The van der Waals surface area contributed by atoms with Crippen LogP contribution < -0.4 is 5.32 Å². The second-order valence-corrected chi connectivity index (χ2v) is 10.1. The van der Waals surface area contributed by atoms with Crippen LogP contribution in [-0.4, -0.2) is 11.2 Å². The Balaban J connectivity index is 1.72. The molecule has 0 unspecified atom stereocenters. The minimum absolute atomic E-state index is 0.243. The van der Waals surface area contributed by atoms with Gasteiger partial charge in [0.05, 0.1) is 10.4 Å². The van der Waals surface area contributed by atoms with Crippen LogP contribution in [0.2, 0.25) is 0 Å². The molecule has 0 aromatic heterocycles. The number of hydrogen-bond acceptors (Lipinski definition) is 2. The fourth-order valence-corrected chi connectivity index (χ4v) is 6.18. The van der Waals surface area contributed by atoms with Gasteiger partial charge in [0.1, 0.15) is 5.82 Å². The number of carboxylic acid groups (broad SMARTS) is 1. The summed E-state index contributed by atoms with van der Waals surface area (Å²) in [5.74, 6) is -0.433. The minimum atomic E-state index is -1.23. The first-order valence-electron chi connectivity index (χ1n) is 12.3. The number of amides is 1. The zero-order valence-electron chi connectivity index (χ0n) is 20.6. The van der Waals surface area contributed by atoms with E-state index < -0.39 is 16.7 Å². The Morgan fingerprint density at radius 3 is 1.58 bits per heavy atom. The third kappa shape index (κ3) is 5.20. The van der Waals surface area contributed by atoms with Crippen molar-refractivity contribution in [2.75, 3.05) is 5.32 Å². The molecule has 0 aliphatic heterocycles.